The van der Waals surface area contributed by atoms with Crippen LogP contribution in [0.5, 0.6) is 0 Å². The zero-order valence-corrected chi connectivity index (χ0v) is 13.4. The number of carbonyl (C=O) groups excluding carboxylic acids is 1. The molecule has 0 saturated heterocycles. The summed E-state index contributed by atoms with van der Waals surface area (Å²) in [6, 6.07) is 11.6. The van der Waals surface area contributed by atoms with Gasteiger partial charge in [0, 0.05) is 17.8 Å². The largest absolute Gasteiger partial charge is 0.391 e. The summed E-state index contributed by atoms with van der Waals surface area (Å²) < 4.78 is 0. The van der Waals surface area contributed by atoms with E-state index in [-0.39, 0.29) is 12.3 Å². The van der Waals surface area contributed by atoms with E-state index < -0.39 is 10.8 Å². The Hall–Kier alpha value is -3.22. The fraction of sp³-hybridized carbons (Fsp3) is 0.176. The minimum Gasteiger partial charge on any atom is -0.391 e. The van der Waals surface area contributed by atoms with E-state index in [1.54, 1.807) is 12.1 Å². The molecule has 1 N–H and O–H groups in total. The van der Waals surface area contributed by atoms with Crippen molar-refractivity contribution in [1.82, 2.24) is 0 Å². The van der Waals surface area contributed by atoms with Gasteiger partial charge in [0.05, 0.1) is 4.92 Å². The molecule has 0 saturated carbocycles. The molecule has 0 aromatic heterocycles. The summed E-state index contributed by atoms with van der Waals surface area (Å²) in [7, 11) is 0. The lowest BCUT2D eigenvalue weighted by Gasteiger charge is -2.06. The maximum atomic E-state index is 11.8. The first-order valence-corrected chi connectivity index (χ1v) is 7.22. The number of amides is 1. The van der Waals surface area contributed by atoms with Gasteiger partial charge in [0.15, 0.2) is 0 Å². The van der Waals surface area contributed by atoms with Crippen molar-refractivity contribution in [3.05, 3.63) is 69.3 Å². The zero-order valence-electron chi connectivity index (χ0n) is 13.4. The van der Waals surface area contributed by atoms with E-state index >= 15 is 0 Å². The van der Waals surface area contributed by atoms with Crippen molar-refractivity contribution < 1.29 is 14.6 Å². The molecule has 0 aliphatic heterocycles. The number of anilines is 1. The summed E-state index contributed by atoms with van der Waals surface area (Å²) in [5.74, 6) is -0.398. The van der Waals surface area contributed by atoms with Crippen molar-refractivity contribution in [1.29, 1.82) is 0 Å². The molecule has 0 heterocycles. The van der Waals surface area contributed by atoms with Crippen molar-refractivity contribution in [2.45, 2.75) is 20.5 Å². The van der Waals surface area contributed by atoms with Gasteiger partial charge in [-0.05, 0) is 43.2 Å². The lowest BCUT2D eigenvalue weighted by atomic mass is 10.1. The van der Waals surface area contributed by atoms with Crippen LogP contribution in [0.15, 0.2) is 47.6 Å². The molecular formula is C17H17N3O4. The van der Waals surface area contributed by atoms with Gasteiger partial charge >= 0.3 is 0 Å². The van der Waals surface area contributed by atoms with Crippen LogP contribution in [0.2, 0.25) is 0 Å². The highest BCUT2D eigenvalue weighted by atomic mass is 16.6. The van der Waals surface area contributed by atoms with E-state index in [0.29, 0.717) is 11.3 Å². The molecule has 0 bridgehead atoms. The summed E-state index contributed by atoms with van der Waals surface area (Å²) in [6.07, 6.45) is 1.05. The lowest BCUT2D eigenvalue weighted by molar-refractivity contribution is -0.384. The maximum Gasteiger partial charge on any atom is 0.270 e. The van der Waals surface area contributed by atoms with Gasteiger partial charge in [-0.15, -0.1) is 0 Å². The topological polar surface area (TPSA) is 93.8 Å². The van der Waals surface area contributed by atoms with Gasteiger partial charge in [0.1, 0.15) is 12.8 Å². The first-order valence-electron chi connectivity index (χ1n) is 7.22. The second-order valence-corrected chi connectivity index (χ2v) is 5.24. The Balaban J connectivity index is 1.83. The molecule has 0 aliphatic rings. The number of rotatable bonds is 6. The number of hydrogen-bond acceptors (Lipinski definition) is 5. The molecule has 24 heavy (non-hydrogen) atoms. The number of non-ortho nitro benzene ring substituents is 1. The molecule has 7 heteroatoms. The molecule has 7 nitrogen and oxygen atoms in total. The quantitative estimate of drug-likeness (QED) is 0.500. The Bertz CT molecular complexity index is 770. The lowest BCUT2D eigenvalue weighted by Crippen LogP contribution is -2.13. The molecule has 0 fully saturated rings. The monoisotopic (exact) mass is 327 g/mol. The molecule has 0 spiro atoms. The SMILES string of the molecule is Cc1ccc(NC(=O)/C=N\OCc2ccc([N+](=O)[O-])cc2)c(C)c1. The fourth-order valence-electron chi connectivity index (χ4n) is 2.03. The zero-order chi connectivity index (χ0) is 17.5. The third-order valence-electron chi connectivity index (χ3n) is 3.26. The first kappa shape index (κ1) is 17.1. The highest BCUT2D eigenvalue weighted by Gasteiger charge is 2.04. The predicted molar refractivity (Wildman–Crippen MR) is 90.9 cm³/mol. The molecule has 2 rings (SSSR count). The molecule has 0 atom stereocenters. The van der Waals surface area contributed by atoms with E-state index in [1.807, 2.05) is 32.0 Å². The van der Waals surface area contributed by atoms with E-state index in [2.05, 4.69) is 10.5 Å². The van der Waals surface area contributed by atoms with Crippen molar-refractivity contribution in [2.75, 3.05) is 5.32 Å². The average Bonchev–Trinajstić information content (AvgIpc) is 2.55. The third kappa shape index (κ3) is 4.91. The third-order valence-corrected chi connectivity index (χ3v) is 3.26. The van der Waals surface area contributed by atoms with Gasteiger partial charge < -0.3 is 10.2 Å². The second kappa shape index (κ2) is 7.87. The number of carbonyl (C=O) groups is 1. The molecule has 0 aliphatic carbocycles. The molecule has 0 unspecified atom stereocenters. The Morgan fingerprint density at radius 1 is 1.25 bits per heavy atom. The van der Waals surface area contributed by atoms with Crippen LogP contribution in [0, 0.1) is 24.0 Å². The van der Waals surface area contributed by atoms with E-state index in [4.69, 9.17) is 4.84 Å². The summed E-state index contributed by atoms with van der Waals surface area (Å²) in [4.78, 5) is 26.9. The van der Waals surface area contributed by atoms with Crippen molar-refractivity contribution in [2.24, 2.45) is 5.16 Å². The predicted octanol–water partition coefficient (Wildman–Crippen LogP) is 3.35. The first-order chi connectivity index (χ1) is 11.5. The van der Waals surface area contributed by atoms with Gasteiger partial charge in [0.2, 0.25) is 0 Å². The van der Waals surface area contributed by atoms with Crippen molar-refractivity contribution in [3.8, 4) is 0 Å². The van der Waals surface area contributed by atoms with Crippen molar-refractivity contribution in [3.63, 3.8) is 0 Å². The smallest absolute Gasteiger partial charge is 0.270 e. The number of aryl methyl sites for hydroxylation is 2. The maximum absolute atomic E-state index is 11.8. The standard InChI is InChI=1S/C17H17N3O4/c1-12-3-8-16(13(2)9-12)19-17(21)10-18-24-11-14-4-6-15(7-5-14)20(22)23/h3-10H,11H2,1-2H3,(H,19,21)/b18-10-. The Kier molecular flexibility index (Phi) is 5.62. The highest BCUT2D eigenvalue weighted by Crippen LogP contribution is 2.15. The van der Waals surface area contributed by atoms with Gasteiger partial charge in [-0.1, -0.05) is 22.9 Å². The van der Waals surface area contributed by atoms with E-state index in [9.17, 15) is 14.9 Å². The van der Waals surface area contributed by atoms with Gasteiger partial charge in [-0.2, -0.15) is 0 Å². The van der Waals surface area contributed by atoms with Gasteiger partial charge in [-0.25, -0.2) is 0 Å². The van der Waals surface area contributed by atoms with Crippen LogP contribution in [-0.4, -0.2) is 17.0 Å². The number of nitrogens with one attached hydrogen (secondary N) is 1. The molecule has 2 aromatic carbocycles. The number of oxime groups is 1. The highest BCUT2D eigenvalue weighted by molar-refractivity contribution is 6.31. The summed E-state index contributed by atoms with van der Waals surface area (Å²) in [5, 5.41) is 16.9. The van der Waals surface area contributed by atoms with Gasteiger partial charge in [-0.3, -0.25) is 14.9 Å². The Labute approximate surface area is 139 Å². The molecule has 124 valence electrons. The van der Waals surface area contributed by atoms with Crippen LogP contribution in [0.1, 0.15) is 16.7 Å². The molecule has 1 amide bonds. The molecule has 0 radical (unpaired) electrons. The Morgan fingerprint density at radius 2 is 1.96 bits per heavy atom. The molecule has 2 aromatic rings. The average molecular weight is 327 g/mol. The summed E-state index contributed by atoms with van der Waals surface area (Å²) >= 11 is 0. The fourth-order valence-corrected chi connectivity index (χ4v) is 2.03. The van der Waals surface area contributed by atoms with Crippen LogP contribution in [0.4, 0.5) is 11.4 Å². The number of benzene rings is 2. The Morgan fingerprint density at radius 3 is 2.58 bits per heavy atom. The van der Waals surface area contributed by atoms with Crippen LogP contribution in [0.3, 0.4) is 0 Å². The van der Waals surface area contributed by atoms with E-state index in [1.165, 1.54) is 12.1 Å². The normalized spacial score (nSPS) is 10.6. The van der Waals surface area contributed by atoms with E-state index in [0.717, 1.165) is 17.3 Å². The number of hydrogen-bond donors (Lipinski definition) is 1. The van der Waals surface area contributed by atoms with Crippen LogP contribution < -0.4 is 5.32 Å². The van der Waals surface area contributed by atoms with Crippen molar-refractivity contribution >= 4 is 23.5 Å². The number of nitro groups is 1. The number of nitrogens with zero attached hydrogens (tertiary/aromatic N) is 2. The van der Waals surface area contributed by atoms with Gasteiger partial charge in [0.25, 0.3) is 11.6 Å². The minimum atomic E-state index is -0.472. The van der Waals surface area contributed by atoms with Crippen LogP contribution in [0.25, 0.3) is 0 Å². The molecular weight excluding hydrogens is 310 g/mol. The van der Waals surface area contributed by atoms with Crippen LogP contribution >= 0.6 is 0 Å². The van der Waals surface area contributed by atoms with Crippen LogP contribution in [-0.2, 0) is 16.2 Å². The number of nitro benzene ring substituents is 1. The summed E-state index contributed by atoms with van der Waals surface area (Å²) in [5.41, 5.74) is 3.52. The minimum absolute atomic E-state index is 0.00935. The summed E-state index contributed by atoms with van der Waals surface area (Å²) in [6.45, 7) is 4.00. The second-order valence-electron chi connectivity index (χ2n) is 5.24.